The number of carbonyl (C=O) groups is 1. The molecule has 1 aromatic heterocycles. The number of nitrogens with zero attached hydrogens (tertiary/aromatic N) is 5. The van der Waals surface area contributed by atoms with Crippen molar-refractivity contribution in [1.29, 1.82) is 0 Å². The Balaban J connectivity index is 0.00000280. The molecule has 1 fully saturated rings. The van der Waals surface area contributed by atoms with Crippen LogP contribution in [-0.2, 0) is 18.3 Å². The molecule has 2 heterocycles. The molecule has 152 valence electrons. The number of methoxy groups -OCH3 is 1. The molecule has 0 radical (unpaired) electrons. The summed E-state index contributed by atoms with van der Waals surface area (Å²) in [5.41, 5.74) is 2.03. The molecule has 1 aliphatic rings. The van der Waals surface area contributed by atoms with Crippen molar-refractivity contribution in [2.75, 3.05) is 45.2 Å². The summed E-state index contributed by atoms with van der Waals surface area (Å²) in [6.45, 7) is 2.37. The van der Waals surface area contributed by atoms with E-state index in [0.29, 0.717) is 13.1 Å². The first-order valence-electron chi connectivity index (χ1n) is 8.98. The van der Waals surface area contributed by atoms with Crippen LogP contribution in [0.1, 0.15) is 5.56 Å². The van der Waals surface area contributed by atoms with E-state index in [1.165, 1.54) is 5.56 Å². The molecule has 0 aliphatic carbocycles. The van der Waals surface area contributed by atoms with Gasteiger partial charge in [0.25, 0.3) is 0 Å². The highest BCUT2D eigenvalue weighted by atomic mass is 127. The minimum atomic E-state index is 0. The van der Waals surface area contributed by atoms with Crippen LogP contribution < -0.4 is 15.0 Å². The molecule has 28 heavy (non-hydrogen) atoms. The van der Waals surface area contributed by atoms with Gasteiger partial charge in [0.1, 0.15) is 12.3 Å². The number of halogens is 1. The van der Waals surface area contributed by atoms with Crippen LogP contribution in [-0.4, -0.2) is 66.9 Å². The molecule has 1 aromatic carbocycles. The quantitative estimate of drug-likeness (QED) is 0.385. The Labute approximate surface area is 182 Å². The van der Waals surface area contributed by atoms with E-state index >= 15 is 0 Å². The van der Waals surface area contributed by atoms with E-state index in [2.05, 4.69) is 21.5 Å². The minimum absolute atomic E-state index is 0. The predicted octanol–water partition coefficient (Wildman–Crippen LogP) is 1.51. The van der Waals surface area contributed by atoms with Crippen LogP contribution in [0.2, 0.25) is 0 Å². The van der Waals surface area contributed by atoms with Crippen LogP contribution in [0.5, 0.6) is 5.75 Å². The number of ether oxygens (including phenoxy) is 1. The van der Waals surface area contributed by atoms with E-state index in [9.17, 15) is 4.79 Å². The van der Waals surface area contributed by atoms with Crippen molar-refractivity contribution >= 4 is 41.5 Å². The standard InChI is InChI=1S/C19H26N6O2.HI/c1-20-19(21-8-7-15-5-4-6-17(11-15)27-3)24-9-10-25(18(26)14-24)16-12-22-23(2)13-16;/h4-6,11-13H,7-10,14H2,1-3H3,(H,20,21);1H. The SMILES string of the molecule is CN=C(NCCc1cccc(OC)c1)N1CCN(c2cnn(C)c2)C(=O)C1.I. The van der Waals surface area contributed by atoms with Gasteiger partial charge in [0.15, 0.2) is 5.96 Å². The predicted molar refractivity (Wildman–Crippen MR) is 121 cm³/mol. The van der Waals surface area contributed by atoms with Crippen LogP contribution in [0.25, 0.3) is 0 Å². The Kier molecular flexibility index (Phi) is 8.09. The molecule has 0 atom stereocenters. The van der Waals surface area contributed by atoms with Crippen molar-refractivity contribution < 1.29 is 9.53 Å². The molecule has 8 nitrogen and oxygen atoms in total. The number of benzene rings is 1. The molecule has 3 rings (SSSR count). The second-order valence-corrected chi connectivity index (χ2v) is 6.41. The van der Waals surface area contributed by atoms with Crippen molar-refractivity contribution in [3.05, 3.63) is 42.2 Å². The van der Waals surface area contributed by atoms with Crippen LogP contribution in [0.4, 0.5) is 5.69 Å². The molecule has 0 bridgehead atoms. The summed E-state index contributed by atoms with van der Waals surface area (Å²) in [4.78, 5) is 20.6. The van der Waals surface area contributed by atoms with Gasteiger partial charge >= 0.3 is 0 Å². The fourth-order valence-electron chi connectivity index (χ4n) is 3.15. The Morgan fingerprint density at radius 1 is 1.36 bits per heavy atom. The summed E-state index contributed by atoms with van der Waals surface area (Å²) in [7, 11) is 5.26. The number of piperazine rings is 1. The van der Waals surface area contributed by atoms with E-state index in [0.717, 1.165) is 36.9 Å². The van der Waals surface area contributed by atoms with E-state index in [1.807, 2.05) is 36.3 Å². The van der Waals surface area contributed by atoms with Crippen LogP contribution in [0.15, 0.2) is 41.7 Å². The highest BCUT2D eigenvalue weighted by Crippen LogP contribution is 2.16. The van der Waals surface area contributed by atoms with Crippen molar-refractivity contribution in [3.8, 4) is 5.75 Å². The third-order valence-corrected chi connectivity index (χ3v) is 4.57. The average Bonchev–Trinajstić information content (AvgIpc) is 3.11. The van der Waals surface area contributed by atoms with Gasteiger partial charge in [-0.15, -0.1) is 24.0 Å². The lowest BCUT2D eigenvalue weighted by molar-refractivity contribution is -0.120. The summed E-state index contributed by atoms with van der Waals surface area (Å²) in [5, 5.41) is 7.49. The summed E-state index contributed by atoms with van der Waals surface area (Å²) in [6.07, 6.45) is 4.42. The lowest BCUT2D eigenvalue weighted by Crippen LogP contribution is -2.55. The number of rotatable bonds is 5. The minimum Gasteiger partial charge on any atom is -0.497 e. The number of aliphatic imine (C=N–C) groups is 1. The van der Waals surface area contributed by atoms with E-state index in [4.69, 9.17) is 4.74 Å². The van der Waals surface area contributed by atoms with Crippen molar-refractivity contribution in [3.63, 3.8) is 0 Å². The fraction of sp³-hybridized carbons (Fsp3) is 0.421. The lowest BCUT2D eigenvalue weighted by atomic mass is 10.1. The molecule has 0 spiro atoms. The molecule has 0 unspecified atom stereocenters. The molecule has 1 N–H and O–H groups in total. The molecule has 0 saturated carbocycles. The first kappa shape index (κ1) is 22.0. The van der Waals surface area contributed by atoms with Gasteiger partial charge in [-0.3, -0.25) is 14.5 Å². The van der Waals surface area contributed by atoms with Crippen LogP contribution in [0, 0.1) is 0 Å². The van der Waals surface area contributed by atoms with Gasteiger partial charge in [-0.05, 0) is 24.1 Å². The molecule has 1 amide bonds. The zero-order valence-corrected chi connectivity index (χ0v) is 18.8. The monoisotopic (exact) mass is 498 g/mol. The molecule has 9 heteroatoms. The van der Waals surface area contributed by atoms with Crippen LogP contribution >= 0.6 is 24.0 Å². The van der Waals surface area contributed by atoms with Crippen LogP contribution in [0.3, 0.4) is 0 Å². The zero-order chi connectivity index (χ0) is 19.2. The smallest absolute Gasteiger partial charge is 0.246 e. The summed E-state index contributed by atoms with van der Waals surface area (Å²) in [6, 6.07) is 8.02. The molecular formula is C19H27IN6O2. The van der Waals surface area contributed by atoms with Crippen molar-refractivity contribution in [2.45, 2.75) is 6.42 Å². The summed E-state index contributed by atoms with van der Waals surface area (Å²) < 4.78 is 6.96. The highest BCUT2D eigenvalue weighted by Gasteiger charge is 2.27. The zero-order valence-electron chi connectivity index (χ0n) is 16.5. The maximum absolute atomic E-state index is 12.6. The first-order chi connectivity index (χ1) is 13.1. The van der Waals surface area contributed by atoms with Gasteiger partial charge in [-0.25, -0.2) is 0 Å². The Morgan fingerprint density at radius 3 is 2.82 bits per heavy atom. The molecule has 2 aromatic rings. The second-order valence-electron chi connectivity index (χ2n) is 6.41. The number of aryl methyl sites for hydroxylation is 1. The molecule has 1 saturated heterocycles. The van der Waals surface area contributed by atoms with Gasteiger partial charge in [-0.2, -0.15) is 5.10 Å². The maximum Gasteiger partial charge on any atom is 0.246 e. The molecule has 1 aliphatic heterocycles. The van der Waals surface area contributed by atoms with Gasteiger partial charge < -0.3 is 19.9 Å². The largest absolute Gasteiger partial charge is 0.497 e. The number of amides is 1. The third kappa shape index (κ3) is 5.37. The lowest BCUT2D eigenvalue weighted by Gasteiger charge is -2.35. The number of hydrogen-bond acceptors (Lipinski definition) is 4. The number of nitrogens with one attached hydrogen (secondary N) is 1. The normalized spacial score (nSPS) is 14.7. The number of guanidine groups is 1. The van der Waals surface area contributed by atoms with E-state index in [1.54, 1.807) is 29.9 Å². The first-order valence-corrected chi connectivity index (χ1v) is 8.98. The number of hydrogen-bond donors (Lipinski definition) is 1. The van der Waals surface area contributed by atoms with E-state index in [-0.39, 0.29) is 29.9 Å². The van der Waals surface area contributed by atoms with E-state index < -0.39 is 0 Å². The van der Waals surface area contributed by atoms with Gasteiger partial charge in [0.2, 0.25) is 5.91 Å². The Bertz CT molecular complexity index is 822. The Hall–Kier alpha value is -2.30. The fourth-order valence-corrected chi connectivity index (χ4v) is 3.15. The average molecular weight is 498 g/mol. The maximum atomic E-state index is 12.6. The molecular weight excluding hydrogens is 471 g/mol. The van der Waals surface area contributed by atoms with Gasteiger partial charge in [0.05, 0.1) is 19.0 Å². The summed E-state index contributed by atoms with van der Waals surface area (Å²) in [5.74, 6) is 1.65. The summed E-state index contributed by atoms with van der Waals surface area (Å²) >= 11 is 0. The van der Waals surface area contributed by atoms with Gasteiger partial charge in [0, 0.05) is 39.9 Å². The van der Waals surface area contributed by atoms with Crippen molar-refractivity contribution in [2.24, 2.45) is 12.0 Å². The third-order valence-electron chi connectivity index (χ3n) is 4.57. The Morgan fingerprint density at radius 2 is 2.18 bits per heavy atom. The van der Waals surface area contributed by atoms with Crippen molar-refractivity contribution in [1.82, 2.24) is 20.0 Å². The van der Waals surface area contributed by atoms with Gasteiger partial charge in [-0.1, -0.05) is 12.1 Å². The number of anilines is 1. The number of aromatic nitrogens is 2. The topological polar surface area (TPSA) is 75.0 Å². The number of carbonyl (C=O) groups excluding carboxylic acids is 1. The highest BCUT2D eigenvalue weighted by molar-refractivity contribution is 14.0. The second kappa shape index (κ2) is 10.3.